The molecule has 4 atom stereocenters. The maximum Gasteiger partial charge on any atom is 0.344 e. The van der Waals surface area contributed by atoms with Crippen molar-refractivity contribution in [2.45, 2.75) is 42.9 Å². The molecule has 0 amide bonds. The number of anilines is 4. The number of Topliss-reactive ketones (excluding diaryl/α,β-unsaturated/α-hetero) is 4. The largest absolute Gasteiger partial charge is 0.467 e. The Hall–Kier alpha value is -14.4. The Kier molecular flexibility index (Phi) is 21.3. The highest BCUT2D eigenvalue weighted by Gasteiger charge is 2.61. The minimum absolute atomic E-state index is 0.339. The Labute approximate surface area is 728 Å². The van der Waals surface area contributed by atoms with Crippen molar-refractivity contribution < 1.29 is 61.7 Å². The molecule has 4 aliphatic rings. The van der Waals surface area contributed by atoms with Gasteiger partial charge in [-0.3, -0.25) is 19.2 Å². The second-order valence-corrected chi connectivity index (χ2v) is 32.0. The summed E-state index contributed by atoms with van der Waals surface area (Å²) in [6, 6.07) is 79.9. The van der Waals surface area contributed by atoms with E-state index in [1.54, 1.807) is 91.9 Å². The maximum absolute atomic E-state index is 14.0. The smallest absolute Gasteiger partial charge is 0.344 e. The third kappa shape index (κ3) is 13.4. The van der Waals surface area contributed by atoms with Crippen molar-refractivity contribution >= 4 is 160 Å². The number of ether oxygens (including phenoxy) is 4. The molecule has 4 aromatic heterocycles. The van der Waals surface area contributed by atoms with Crippen LogP contribution in [0.5, 0.6) is 0 Å². The lowest BCUT2D eigenvalue weighted by molar-refractivity contribution is -0.145. The van der Waals surface area contributed by atoms with Gasteiger partial charge in [0.25, 0.3) is 0 Å². The molecule has 4 aliphatic heterocycles. The van der Waals surface area contributed by atoms with E-state index < -0.39 is 51.8 Å². The van der Waals surface area contributed by atoms with Crippen LogP contribution in [0.25, 0.3) is 88.6 Å². The predicted octanol–water partition coefficient (Wildman–Crippen LogP) is 21.7. The summed E-state index contributed by atoms with van der Waals surface area (Å²) in [5.74, 6) is -4.68. The van der Waals surface area contributed by atoms with Crippen LogP contribution >= 0.6 is 46.4 Å². The molecule has 0 bridgehead atoms. The number of rotatable bonds is 12. The molecule has 0 aliphatic carbocycles. The lowest BCUT2D eigenvalue weighted by Crippen LogP contribution is -2.47. The van der Waals surface area contributed by atoms with Crippen molar-refractivity contribution in [1.82, 2.24) is 19.9 Å². The van der Waals surface area contributed by atoms with E-state index in [0.29, 0.717) is 127 Å². The van der Waals surface area contributed by atoms with Crippen LogP contribution < -0.4 is 21.3 Å². The number of aryl methyl sites for hydroxylation is 3. The Morgan fingerprint density at radius 1 is 0.290 bits per heavy atom. The number of halogens is 5. The van der Waals surface area contributed by atoms with Crippen molar-refractivity contribution in [3.63, 3.8) is 0 Å². The molecule has 0 fully saturated rings. The number of aromatic nitrogens is 4. The van der Waals surface area contributed by atoms with E-state index in [9.17, 15) is 42.7 Å². The molecular formula is C99H73Cl4FN8O12. The number of carbonyl (C=O) groups is 8. The fraction of sp³-hybridized carbons (Fsp3) is 0.111. The number of para-hydroxylation sites is 4. The summed E-state index contributed by atoms with van der Waals surface area (Å²) >= 11 is 24.6. The molecule has 12 aromatic carbocycles. The topological polar surface area (TPSA) is 285 Å². The number of ketones is 4. The van der Waals surface area contributed by atoms with Crippen LogP contribution in [0.2, 0.25) is 20.1 Å². The van der Waals surface area contributed by atoms with Gasteiger partial charge in [0.1, 0.15) is 5.82 Å². The summed E-state index contributed by atoms with van der Waals surface area (Å²) in [5.41, 5.74) is 10.1. The third-order valence-corrected chi connectivity index (χ3v) is 24.0. The zero-order valence-corrected chi connectivity index (χ0v) is 70.2. The monoisotopic (exact) mass is 1720 g/mol. The molecule has 8 heterocycles. The van der Waals surface area contributed by atoms with Gasteiger partial charge in [-0.25, -0.2) is 23.6 Å². The van der Waals surface area contributed by atoms with Gasteiger partial charge >= 0.3 is 23.9 Å². The van der Waals surface area contributed by atoms with E-state index in [1.165, 1.54) is 34.5 Å². The van der Waals surface area contributed by atoms with Gasteiger partial charge in [0.05, 0.1) is 51.2 Å². The van der Waals surface area contributed by atoms with Crippen LogP contribution in [0.1, 0.15) is 80.4 Å². The molecule has 20 nitrogen and oxygen atoms in total. The number of hydrogen-bond acceptors (Lipinski definition) is 16. The van der Waals surface area contributed by atoms with Gasteiger partial charge in [-0.05, 0) is 164 Å². The zero-order valence-electron chi connectivity index (χ0n) is 67.2. The van der Waals surface area contributed by atoms with Crippen LogP contribution in [-0.2, 0) is 60.3 Å². The van der Waals surface area contributed by atoms with Gasteiger partial charge < -0.3 is 60.2 Å². The van der Waals surface area contributed by atoms with E-state index in [4.69, 9.17) is 65.4 Å². The Bertz CT molecular complexity index is 6930. The summed E-state index contributed by atoms with van der Waals surface area (Å²) in [6.45, 7) is 5.68. The first kappa shape index (κ1) is 82.0. The molecule has 0 saturated carbocycles. The quantitative estimate of drug-likeness (QED) is 0.0320. The van der Waals surface area contributed by atoms with E-state index in [0.717, 1.165) is 66.0 Å². The average molecular weight is 1730 g/mol. The average Bonchev–Trinajstić information content (AvgIpc) is 1.57. The van der Waals surface area contributed by atoms with Crippen molar-refractivity contribution in [3.8, 4) is 45.0 Å². The van der Waals surface area contributed by atoms with Crippen LogP contribution in [0.15, 0.2) is 267 Å². The first-order chi connectivity index (χ1) is 59.8. The minimum atomic E-state index is -1.83. The second-order valence-electron chi connectivity index (χ2n) is 30.3. The number of carbonyl (C=O) groups excluding carboxylic acids is 8. The summed E-state index contributed by atoms with van der Waals surface area (Å²) in [5, 5.41) is 17.4. The number of nitrogens with one attached hydrogen (secondary N) is 8. The second kappa shape index (κ2) is 32.2. The number of fused-ring (bicyclic) bond motifs is 8. The molecule has 124 heavy (non-hydrogen) atoms. The molecular weight excluding hydrogens is 1650 g/mol. The molecule has 0 saturated heterocycles. The van der Waals surface area contributed by atoms with Crippen LogP contribution in [0, 0.1) is 26.6 Å². The fourth-order valence-electron chi connectivity index (χ4n) is 17.3. The Balaban J connectivity index is 0.000000117. The standard InChI is InChI=1S/C25H18ClFN2O3.2C25H19ClN2O3.C24H17ClN2O3/c1-13-11-14(7-10-18(13)27)22-21(16-5-3-4-6-19(16)28-22)25(24(31)32-2)23(30)17-9-8-15(26)12-20(17)29-25;2*1-14-7-9-15(10-8-14)22-21(17-5-3-4-6-19(17)27-22)25(24(30)31-2)23(29)18-12-11-16(26)13-20(18)28-25;1-30-23(29)24(22(28)17-12-11-15(25)13-19(17)27-24)20-16-9-5-6-10-18(16)26-21(20)14-7-3-2-4-8-14/h3-12,28-29H,1-2H3;2*3-13,27-28H,1-2H3;2-13,26-27H,1H3. The molecule has 20 rings (SSSR count). The first-order valence-corrected chi connectivity index (χ1v) is 40.6. The summed E-state index contributed by atoms with van der Waals surface area (Å²) in [6.07, 6.45) is 0. The normalized spacial score (nSPS) is 17.5. The van der Waals surface area contributed by atoms with Gasteiger partial charge in [0.15, 0.2) is 0 Å². The molecule has 0 radical (unpaired) electrons. The number of hydrogen-bond donors (Lipinski definition) is 8. The number of H-pyrrole nitrogens is 4. The molecule has 4 unspecified atom stereocenters. The highest BCUT2D eigenvalue weighted by atomic mass is 35.5. The molecule has 25 heteroatoms. The highest BCUT2D eigenvalue weighted by molar-refractivity contribution is 6.36. The van der Waals surface area contributed by atoms with Crippen molar-refractivity contribution in [2.24, 2.45) is 0 Å². The van der Waals surface area contributed by atoms with Crippen LogP contribution in [0.3, 0.4) is 0 Å². The first-order valence-electron chi connectivity index (χ1n) is 39.1. The van der Waals surface area contributed by atoms with E-state index in [-0.39, 0.29) is 23.2 Å². The predicted molar refractivity (Wildman–Crippen MR) is 482 cm³/mol. The summed E-state index contributed by atoms with van der Waals surface area (Å²) in [7, 11) is 5.10. The molecule has 616 valence electrons. The highest BCUT2D eigenvalue weighted by Crippen LogP contribution is 2.53. The molecule has 0 spiro atoms. The molecule has 16 aromatic rings. The van der Waals surface area contributed by atoms with Gasteiger partial charge in [-0.15, -0.1) is 0 Å². The van der Waals surface area contributed by atoms with Crippen molar-refractivity contribution in [1.29, 1.82) is 0 Å². The van der Waals surface area contributed by atoms with Crippen molar-refractivity contribution in [3.05, 3.63) is 354 Å². The van der Waals surface area contributed by atoms with E-state index in [2.05, 4.69) is 41.2 Å². The van der Waals surface area contributed by atoms with Crippen LogP contribution in [0.4, 0.5) is 27.1 Å². The fourth-order valence-corrected chi connectivity index (χ4v) is 17.9. The summed E-state index contributed by atoms with van der Waals surface area (Å²) < 4.78 is 34.7. The lowest BCUT2D eigenvalue weighted by Gasteiger charge is -2.27. The van der Waals surface area contributed by atoms with Crippen molar-refractivity contribution in [2.75, 3.05) is 49.7 Å². The number of benzene rings is 12. The van der Waals surface area contributed by atoms with Gasteiger partial charge in [0.2, 0.25) is 45.3 Å². The number of methoxy groups -OCH3 is 4. The lowest BCUT2D eigenvalue weighted by atomic mass is 9.82. The maximum atomic E-state index is 14.0. The van der Waals surface area contributed by atoms with Gasteiger partial charge in [0, 0.05) is 131 Å². The molecule has 8 N–H and O–H groups in total. The van der Waals surface area contributed by atoms with E-state index >= 15 is 0 Å². The van der Waals surface area contributed by atoms with E-state index in [1.807, 2.05) is 190 Å². The summed E-state index contributed by atoms with van der Waals surface area (Å²) in [4.78, 5) is 122. The zero-order chi connectivity index (χ0) is 87.0. The van der Waals surface area contributed by atoms with Crippen LogP contribution in [-0.4, -0.2) is 95.4 Å². The Morgan fingerprint density at radius 2 is 0.532 bits per heavy atom. The SMILES string of the molecule is COC(=O)C1(c2c(-c3ccc(C)cc3)[nH]c3ccccc23)Nc2cc(Cl)ccc2C1=O.COC(=O)C1(c2c(-c3ccc(C)cc3)[nH]c3ccccc23)Nc2cc(Cl)ccc2C1=O.COC(=O)C1(c2c(-c3ccc(F)c(C)c3)[nH]c3ccccc23)Nc2cc(Cl)ccc2C1=O.COC(=O)C1(c2c(-c3ccccc3)[nH]c3ccccc23)Nc2cc(Cl)ccc2C1=O. The third-order valence-electron chi connectivity index (χ3n) is 23.0. The minimum Gasteiger partial charge on any atom is -0.467 e. The van der Waals surface area contributed by atoms with Gasteiger partial charge in [-0.1, -0.05) is 209 Å². The number of aromatic amines is 4. The van der Waals surface area contributed by atoms with Gasteiger partial charge in [-0.2, -0.15) is 0 Å². The number of esters is 4. The Morgan fingerprint density at radius 3 is 0.798 bits per heavy atom.